The molecule has 0 saturated carbocycles. The SMILES string of the molecule is CCCCCCCCCCc1cc(O)c(CCCCCCCCCC)c(CCCCCCCCCC)c1O. The molecule has 1 rings (SSSR count). The highest BCUT2D eigenvalue weighted by atomic mass is 16.3. The van der Waals surface area contributed by atoms with Crippen LogP contribution in [-0.4, -0.2) is 10.2 Å². The quantitative estimate of drug-likeness (QED) is 0.0877. The van der Waals surface area contributed by atoms with Crippen LogP contribution in [0.3, 0.4) is 0 Å². The monoisotopic (exact) mass is 531 g/mol. The Hall–Kier alpha value is -1.18. The lowest BCUT2D eigenvalue weighted by atomic mass is 9.91. The average molecular weight is 531 g/mol. The van der Waals surface area contributed by atoms with Crippen molar-refractivity contribution in [2.24, 2.45) is 0 Å². The molecular weight excluding hydrogens is 464 g/mol. The first kappa shape index (κ1) is 34.8. The molecular formula is C36H66O2. The average Bonchev–Trinajstić information content (AvgIpc) is 2.92. The summed E-state index contributed by atoms with van der Waals surface area (Å²) >= 11 is 0. The maximum atomic E-state index is 11.3. The van der Waals surface area contributed by atoms with Crippen molar-refractivity contribution in [2.75, 3.05) is 0 Å². The Kier molecular flexibility index (Phi) is 22.8. The predicted octanol–water partition coefficient (Wildman–Crippen LogP) is 12.1. The van der Waals surface area contributed by atoms with E-state index in [-0.39, 0.29) is 0 Å². The lowest BCUT2D eigenvalue weighted by molar-refractivity contribution is 0.437. The molecule has 0 unspecified atom stereocenters. The standard InChI is InChI=1S/C36H66O2/c1-4-7-10-13-16-19-22-25-28-32-31-35(37)33(29-26-23-20-17-14-11-8-5-2)34(36(32)38)30-27-24-21-18-15-12-9-6-3/h31,37-38H,4-30H2,1-3H3. The maximum Gasteiger partial charge on any atom is 0.122 e. The van der Waals surface area contributed by atoms with Crippen LogP contribution in [0, 0.1) is 0 Å². The summed E-state index contributed by atoms with van der Waals surface area (Å²) in [5.41, 5.74) is 3.08. The van der Waals surface area contributed by atoms with E-state index >= 15 is 0 Å². The largest absolute Gasteiger partial charge is 0.508 e. The summed E-state index contributed by atoms with van der Waals surface area (Å²) in [7, 11) is 0. The van der Waals surface area contributed by atoms with Gasteiger partial charge < -0.3 is 10.2 Å². The predicted molar refractivity (Wildman–Crippen MR) is 169 cm³/mol. The van der Waals surface area contributed by atoms with Gasteiger partial charge in [-0.15, -0.1) is 0 Å². The first-order valence-corrected chi connectivity index (χ1v) is 17.2. The summed E-state index contributed by atoms with van der Waals surface area (Å²) in [4.78, 5) is 0. The van der Waals surface area contributed by atoms with Gasteiger partial charge in [0.25, 0.3) is 0 Å². The van der Waals surface area contributed by atoms with E-state index in [9.17, 15) is 10.2 Å². The molecule has 0 atom stereocenters. The number of hydrogen-bond acceptors (Lipinski definition) is 2. The van der Waals surface area contributed by atoms with E-state index in [1.807, 2.05) is 6.07 Å². The molecule has 0 aromatic heterocycles. The highest BCUT2D eigenvalue weighted by Crippen LogP contribution is 2.36. The fraction of sp³-hybridized carbons (Fsp3) is 0.833. The topological polar surface area (TPSA) is 40.5 Å². The van der Waals surface area contributed by atoms with Crippen LogP contribution >= 0.6 is 0 Å². The second-order valence-electron chi connectivity index (χ2n) is 12.0. The van der Waals surface area contributed by atoms with Crippen LogP contribution < -0.4 is 0 Å². The summed E-state index contributed by atoms with van der Waals surface area (Å²) in [6.07, 6.45) is 33.8. The molecule has 0 aliphatic carbocycles. The zero-order valence-electron chi connectivity index (χ0n) is 26.1. The van der Waals surface area contributed by atoms with Crippen molar-refractivity contribution in [3.05, 3.63) is 22.8 Å². The van der Waals surface area contributed by atoms with E-state index < -0.39 is 0 Å². The molecule has 0 amide bonds. The zero-order chi connectivity index (χ0) is 27.7. The molecule has 1 aromatic rings. The number of benzene rings is 1. The zero-order valence-corrected chi connectivity index (χ0v) is 26.1. The van der Waals surface area contributed by atoms with Crippen LogP contribution in [0.1, 0.15) is 192 Å². The van der Waals surface area contributed by atoms with Crippen molar-refractivity contribution in [1.29, 1.82) is 0 Å². The molecule has 0 saturated heterocycles. The second kappa shape index (κ2) is 24.8. The Morgan fingerprint density at radius 1 is 0.395 bits per heavy atom. The molecule has 0 bridgehead atoms. The number of phenols is 2. The van der Waals surface area contributed by atoms with Gasteiger partial charge in [-0.3, -0.25) is 0 Å². The van der Waals surface area contributed by atoms with Crippen LogP contribution in [0.4, 0.5) is 0 Å². The first-order valence-electron chi connectivity index (χ1n) is 17.2. The first-order chi connectivity index (χ1) is 18.7. The molecule has 0 fully saturated rings. The number of aromatic hydroxyl groups is 2. The van der Waals surface area contributed by atoms with Crippen LogP contribution in [0.15, 0.2) is 6.07 Å². The number of hydrogen-bond donors (Lipinski definition) is 2. The van der Waals surface area contributed by atoms with Crippen molar-refractivity contribution in [3.63, 3.8) is 0 Å². The van der Waals surface area contributed by atoms with Gasteiger partial charge in [0, 0.05) is 11.1 Å². The Bertz CT molecular complexity index is 666. The molecule has 222 valence electrons. The van der Waals surface area contributed by atoms with Gasteiger partial charge in [0.15, 0.2) is 0 Å². The molecule has 0 aliphatic rings. The molecule has 0 radical (unpaired) electrons. The number of unbranched alkanes of at least 4 members (excludes halogenated alkanes) is 21. The Balaban J connectivity index is 2.62. The van der Waals surface area contributed by atoms with E-state index in [2.05, 4.69) is 20.8 Å². The second-order valence-corrected chi connectivity index (χ2v) is 12.0. The molecule has 2 heteroatoms. The van der Waals surface area contributed by atoms with Gasteiger partial charge in [-0.25, -0.2) is 0 Å². The number of aryl methyl sites for hydroxylation is 1. The third-order valence-corrected chi connectivity index (χ3v) is 8.43. The van der Waals surface area contributed by atoms with Crippen LogP contribution in [0.2, 0.25) is 0 Å². The van der Waals surface area contributed by atoms with Crippen LogP contribution in [0.5, 0.6) is 11.5 Å². The molecule has 1 aromatic carbocycles. The van der Waals surface area contributed by atoms with Crippen molar-refractivity contribution >= 4 is 0 Å². The third-order valence-electron chi connectivity index (χ3n) is 8.43. The van der Waals surface area contributed by atoms with E-state index in [1.165, 1.54) is 135 Å². The van der Waals surface area contributed by atoms with Gasteiger partial charge >= 0.3 is 0 Å². The Labute approximate surface area is 238 Å². The minimum Gasteiger partial charge on any atom is -0.508 e. The molecule has 0 spiro atoms. The highest BCUT2D eigenvalue weighted by Gasteiger charge is 2.17. The molecule has 2 nitrogen and oxygen atoms in total. The highest BCUT2D eigenvalue weighted by molar-refractivity contribution is 5.53. The van der Waals surface area contributed by atoms with Crippen molar-refractivity contribution in [2.45, 2.75) is 194 Å². The van der Waals surface area contributed by atoms with Crippen LogP contribution in [0.25, 0.3) is 0 Å². The fourth-order valence-electron chi connectivity index (χ4n) is 5.87. The molecule has 2 N–H and O–H groups in total. The van der Waals surface area contributed by atoms with Crippen molar-refractivity contribution < 1.29 is 10.2 Å². The lowest BCUT2D eigenvalue weighted by Gasteiger charge is -2.17. The summed E-state index contributed by atoms with van der Waals surface area (Å²) in [5, 5.41) is 22.3. The molecule has 0 aliphatic heterocycles. The summed E-state index contributed by atoms with van der Waals surface area (Å²) in [6, 6.07) is 1.90. The third kappa shape index (κ3) is 16.7. The van der Waals surface area contributed by atoms with Gasteiger partial charge in [0.05, 0.1) is 0 Å². The Morgan fingerprint density at radius 2 is 0.711 bits per heavy atom. The van der Waals surface area contributed by atoms with E-state index in [0.717, 1.165) is 55.2 Å². The summed E-state index contributed by atoms with van der Waals surface area (Å²) in [6.45, 7) is 6.81. The summed E-state index contributed by atoms with van der Waals surface area (Å²) < 4.78 is 0. The van der Waals surface area contributed by atoms with Gasteiger partial charge in [-0.2, -0.15) is 0 Å². The smallest absolute Gasteiger partial charge is 0.122 e. The van der Waals surface area contributed by atoms with Gasteiger partial charge in [-0.1, -0.05) is 156 Å². The normalized spacial score (nSPS) is 11.4. The summed E-state index contributed by atoms with van der Waals surface area (Å²) in [5.74, 6) is 0.943. The van der Waals surface area contributed by atoms with E-state index in [1.54, 1.807) is 0 Å². The van der Waals surface area contributed by atoms with Gasteiger partial charge in [0.1, 0.15) is 11.5 Å². The lowest BCUT2D eigenvalue weighted by Crippen LogP contribution is -2.01. The van der Waals surface area contributed by atoms with E-state index in [4.69, 9.17) is 0 Å². The van der Waals surface area contributed by atoms with E-state index in [0.29, 0.717) is 11.5 Å². The van der Waals surface area contributed by atoms with Crippen molar-refractivity contribution in [1.82, 2.24) is 0 Å². The Morgan fingerprint density at radius 3 is 1.11 bits per heavy atom. The number of phenolic OH excluding ortho intramolecular Hbond substituents is 2. The fourth-order valence-corrected chi connectivity index (χ4v) is 5.87. The van der Waals surface area contributed by atoms with Gasteiger partial charge in [-0.05, 0) is 50.2 Å². The minimum atomic E-state index is 0.440. The minimum absolute atomic E-state index is 0.440. The number of rotatable bonds is 27. The maximum absolute atomic E-state index is 11.3. The molecule has 0 heterocycles. The van der Waals surface area contributed by atoms with Crippen molar-refractivity contribution in [3.8, 4) is 11.5 Å². The van der Waals surface area contributed by atoms with Gasteiger partial charge in [0.2, 0.25) is 0 Å². The molecule has 38 heavy (non-hydrogen) atoms. The van der Waals surface area contributed by atoms with Crippen LogP contribution in [-0.2, 0) is 19.3 Å².